The molecule has 0 aromatic heterocycles. The highest BCUT2D eigenvalue weighted by Crippen LogP contribution is 2.17. The highest BCUT2D eigenvalue weighted by atomic mass is 32.2. The van der Waals surface area contributed by atoms with Crippen LogP contribution < -0.4 is 20.1 Å². The van der Waals surface area contributed by atoms with Crippen molar-refractivity contribution >= 4 is 27.5 Å². The van der Waals surface area contributed by atoms with E-state index in [1.807, 2.05) is 45.0 Å². The molecule has 0 spiro atoms. The largest absolute Gasteiger partial charge is 0.492 e. The minimum absolute atomic E-state index is 0.0330. The maximum absolute atomic E-state index is 12.2. The summed E-state index contributed by atoms with van der Waals surface area (Å²) >= 11 is 0. The molecular weight excluding hydrogens is 442 g/mol. The standard InChI is InChI=1S/C24H33N3O5S/c1-5-18-6-12-21(13-7-18)32-16-17-33(30,31)26-15-14-25-22(28)19-8-10-20(11-9-19)27-23(29)24(2,3)4/h6-13,26H,5,14-17H2,1-4H3,(H,25,28)(H,27,29). The summed E-state index contributed by atoms with van der Waals surface area (Å²) < 4.78 is 32.1. The SMILES string of the molecule is CCc1ccc(OCCS(=O)(=O)NCCNC(=O)c2ccc(NC(=O)C(C)(C)C)cc2)cc1. The number of nitrogens with one attached hydrogen (secondary N) is 3. The van der Waals surface area contributed by atoms with Gasteiger partial charge >= 0.3 is 0 Å². The van der Waals surface area contributed by atoms with Crippen molar-refractivity contribution in [2.24, 2.45) is 5.41 Å². The van der Waals surface area contributed by atoms with Crippen LogP contribution in [0.1, 0.15) is 43.6 Å². The van der Waals surface area contributed by atoms with E-state index in [2.05, 4.69) is 22.3 Å². The summed E-state index contributed by atoms with van der Waals surface area (Å²) in [5.74, 6) is -0.00899. The zero-order valence-corrected chi connectivity index (χ0v) is 20.4. The zero-order chi connectivity index (χ0) is 24.5. The van der Waals surface area contributed by atoms with E-state index in [-0.39, 0.29) is 37.3 Å². The van der Waals surface area contributed by atoms with Crippen LogP contribution in [0.25, 0.3) is 0 Å². The molecule has 0 fully saturated rings. The molecule has 2 rings (SSSR count). The number of hydrogen-bond acceptors (Lipinski definition) is 5. The summed E-state index contributed by atoms with van der Waals surface area (Å²) in [5, 5.41) is 5.46. The first-order valence-electron chi connectivity index (χ1n) is 10.9. The number of benzene rings is 2. The fourth-order valence-corrected chi connectivity index (χ4v) is 3.53. The molecule has 2 aromatic carbocycles. The number of amides is 2. The van der Waals surface area contributed by atoms with Crippen molar-refractivity contribution in [3.63, 3.8) is 0 Å². The molecule has 3 N–H and O–H groups in total. The molecular formula is C24H33N3O5S. The van der Waals surface area contributed by atoms with Gasteiger partial charge < -0.3 is 15.4 Å². The van der Waals surface area contributed by atoms with Gasteiger partial charge in [0.15, 0.2) is 0 Å². The van der Waals surface area contributed by atoms with Crippen LogP contribution in [0.2, 0.25) is 0 Å². The van der Waals surface area contributed by atoms with E-state index in [1.54, 1.807) is 24.3 Å². The van der Waals surface area contributed by atoms with Crippen molar-refractivity contribution in [3.8, 4) is 5.75 Å². The number of carbonyl (C=O) groups is 2. The monoisotopic (exact) mass is 475 g/mol. The fourth-order valence-electron chi connectivity index (χ4n) is 2.67. The summed E-state index contributed by atoms with van der Waals surface area (Å²) in [7, 11) is -3.52. The number of aryl methyl sites for hydroxylation is 1. The van der Waals surface area contributed by atoms with Crippen LogP contribution in [-0.2, 0) is 21.2 Å². The third-order valence-corrected chi connectivity index (χ3v) is 6.12. The van der Waals surface area contributed by atoms with E-state index in [0.717, 1.165) is 6.42 Å². The molecule has 2 amide bonds. The Bertz CT molecular complexity index is 1030. The van der Waals surface area contributed by atoms with Gasteiger partial charge in [-0.15, -0.1) is 0 Å². The van der Waals surface area contributed by atoms with Gasteiger partial charge in [0.1, 0.15) is 12.4 Å². The molecule has 0 unspecified atom stereocenters. The molecule has 0 aliphatic heterocycles. The second kappa shape index (κ2) is 11.8. The molecule has 180 valence electrons. The Hall–Kier alpha value is -2.91. The van der Waals surface area contributed by atoms with Crippen LogP contribution >= 0.6 is 0 Å². The van der Waals surface area contributed by atoms with Crippen LogP contribution in [0.5, 0.6) is 5.75 Å². The molecule has 0 bridgehead atoms. The van der Waals surface area contributed by atoms with Gasteiger partial charge in [-0.25, -0.2) is 13.1 Å². The summed E-state index contributed by atoms with van der Waals surface area (Å²) in [6.45, 7) is 7.75. The smallest absolute Gasteiger partial charge is 0.251 e. The topological polar surface area (TPSA) is 114 Å². The minimum atomic E-state index is -3.52. The second-order valence-electron chi connectivity index (χ2n) is 8.60. The lowest BCUT2D eigenvalue weighted by atomic mass is 9.95. The summed E-state index contributed by atoms with van der Waals surface area (Å²) in [6, 6.07) is 14.0. The molecule has 9 heteroatoms. The highest BCUT2D eigenvalue weighted by molar-refractivity contribution is 7.89. The van der Waals surface area contributed by atoms with Gasteiger partial charge in [0.2, 0.25) is 15.9 Å². The van der Waals surface area contributed by atoms with Crippen molar-refractivity contribution in [2.45, 2.75) is 34.1 Å². The predicted octanol–water partition coefficient (Wildman–Crippen LogP) is 2.96. The molecule has 0 saturated carbocycles. The highest BCUT2D eigenvalue weighted by Gasteiger charge is 2.21. The van der Waals surface area contributed by atoms with Gasteiger partial charge in [-0.2, -0.15) is 0 Å². The van der Waals surface area contributed by atoms with E-state index in [9.17, 15) is 18.0 Å². The number of anilines is 1. The maximum atomic E-state index is 12.2. The first kappa shape index (κ1) is 26.3. The number of ether oxygens (including phenoxy) is 1. The second-order valence-corrected chi connectivity index (χ2v) is 10.5. The number of sulfonamides is 1. The average molecular weight is 476 g/mol. The Labute approximate surface area is 196 Å². The molecule has 0 atom stereocenters. The lowest BCUT2D eigenvalue weighted by Crippen LogP contribution is -2.36. The lowest BCUT2D eigenvalue weighted by Gasteiger charge is -2.17. The van der Waals surface area contributed by atoms with Gasteiger partial charge in [-0.05, 0) is 48.4 Å². The molecule has 0 heterocycles. The van der Waals surface area contributed by atoms with Gasteiger partial charge in [0.25, 0.3) is 5.91 Å². The first-order chi connectivity index (χ1) is 15.5. The number of rotatable bonds is 11. The van der Waals surface area contributed by atoms with E-state index >= 15 is 0 Å². The Balaban J connectivity index is 1.70. The van der Waals surface area contributed by atoms with Crippen LogP contribution in [-0.4, -0.2) is 45.7 Å². The number of hydrogen-bond donors (Lipinski definition) is 3. The molecule has 2 aromatic rings. The van der Waals surface area contributed by atoms with Gasteiger partial charge in [0.05, 0.1) is 5.75 Å². The Morgan fingerprint density at radius 2 is 1.58 bits per heavy atom. The zero-order valence-electron chi connectivity index (χ0n) is 19.6. The summed E-state index contributed by atoms with van der Waals surface area (Å²) in [6.07, 6.45) is 0.927. The first-order valence-corrected chi connectivity index (χ1v) is 12.5. The fraction of sp³-hybridized carbons (Fsp3) is 0.417. The van der Waals surface area contributed by atoms with E-state index < -0.39 is 15.4 Å². The van der Waals surface area contributed by atoms with Crippen molar-refractivity contribution in [1.29, 1.82) is 0 Å². The van der Waals surface area contributed by atoms with Crippen LogP contribution in [0, 0.1) is 5.41 Å². The Morgan fingerprint density at radius 1 is 0.939 bits per heavy atom. The predicted molar refractivity (Wildman–Crippen MR) is 130 cm³/mol. The maximum Gasteiger partial charge on any atom is 0.251 e. The molecule has 0 saturated heterocycles. The van der Waals surface area contributed by atoms with Gasteiger partial charge in [0, 0.05) is 29.8 Å². The number of carbonyl (C=O) groups excluding carboxylic acids is 2. The molecule has 0 aliphatic rings. The third kappa shape index (κ3) is 9.23. The van der Waals surface area contributed by atoms with Crippen LogP contribution in [0.4, 0.5) is 5.69 Å². The Morgan fingerprint density at radius 3 is 2.15 bits per heavy atom. The van der Waals surface area contributed by atoms with E-state index in [0.29, 0.717) is 17.0 Å². The lowest BCUT2D eigenvalue weighted by molar-refractivity contribution is -0.123. The minimum Gasteiger partial charge on any atom is -0.492 e. The van der Waals surface area contributed by atoms with Crippen LogP contribution in [0.3, 0.4) is 0 Å². The third-order valence-electron chi connectivity index (χ3n) is 4.77. The van der Waals surface area contributed by atoms with Crippen LogP contribution in [0.15, 0.2) is 48.5 Å². The van der Waals surface area contributed by atoms with E-state index in [1.165, 1.54) is 5.56 Å². The molecule has 0 radical (unpaired) electrons. The molecule has 0 aliphatic carbocycles. The van der Waals surface area contributed by atoms with Crippen molar-refractivity contribution in [3.05, 3.63) is 59.7 Å². The summed E-state index contributed by atoms with van der Waals surface area (Å²) in [5.41, 5.74) is 1.68. The Kier molecular flexibility index (Phi) is 9.43. The average Bonchev–Trinajstić information content (AvgIpc) is 2.77. The van der Waals surface area contributed by atoms with E-state index in [4.69, 9.17) is 4.74 Å². The summed E-state index contributed by atoms with van der Waals surface area (Å²) in [4.78, 5) is 24.3. The van der Waals surface area contributed by atoms with Crippen molar-refractivity contribution in [1.82, 2.24) is 10.0 Å². The van der Waals surface area contributed by atoms with Gasteiger partial charge in [-0.3, -0.25) is 9.59 Å². The molecule has 33 heavy (non-hydrogen) atoms. The molecule has 8 nitrogen and oxygen atoms in total. The van der Waals surface area contributed by atoms with Crippen molar-refractivity contribution in [2.75, 3.05) is 30.8 Å². The van der Waals surface area contributed by atoms with Gasteiger partial charge in [-0.1, -0.05) is 39.8 Å². The normalized spacial score (nSPS) is 11.6. The van der Waals surface area contributed by atoms with Crippen molar-refractivity contribution < 1.29 is 22.7 Å². The quantitative estimate of drug-likeness (QED) is 0.433.